The maximum absolute atomic E-state index is 10.8. The van der Waals surface area contributed by atoms with Gasteiger partial charge in [0.05, 0.1) is 11.9 Å². The smallest absolute Gasteiger partial charge is 0.295 e. The van der Waals surface area contributed by atoms with E-state index in [0.29, 0.717) is 0 Å². The Bertz CT molecular complexity index is 384. The van der Waals surface area contributed by atoms with Crippen LogP contribution in [-0.2, 0) is 0 Å². The zero-order valence-corrected chi connectivity index (χ0v) is 9.05. The Balaban J connectivity index is 0.000000791. The topological polar surface area (TPSA) is 86.2 Å². The fraction of sp³-hybridized carbons (Fsp3) is 0. The van der Waals surface area contributed by atoms with Crippen LogP contribution in [0, 0.1) is 0 Å². The predicted octanol–water partition coefficient (Wildman–Crippen LogP) is -0.690. The zero-order chi connectivity index (χ0) is 11.5. The molecule has 0 aliphatic carbocycles. The van der Waals surface area contributed by atoms with E-state index in [1.807, 2.05) is 0 Å². The molecule has 7 nitrogen and oxygen atoms in total. The lowest BCUT2D eigenvalue weighted by Gasteiger charge is -1.96. The number of nitrogens with zero attached hydrogens (tertiary/aromatic N) is 3. The highest BCUT2D eigenvalue weighted by Gasteiger charge is 2.10. The van der Waals surface area contributed by atoms with Gasteiger partial charge in [-0.25, -0.2) is 14.4 Å². The fourth-order valence-corrected chi connectivity index (χ4v) is 1.05. The largest absolute Gasteiger partial charge is 0.366 e. The van der Waals surface area contributed by atoms with Gasteiger partial charge in [-0.15, -0.1) is 12.3 Å². The van der Waals surface area contributed by atoms with Crippen LogP contribution in [0.5, 0.6) is 0 Å². The molecule has 0 saturated carbocycles. The van der Waals surface area contributed by atoms with Gasteiger partial charge in [-0.3, -0.25) is 4.66 Å². The molecule has 0 amide bonds. The van der Waals surface area contributed by atoms with E-state index in [1.165, 1.54) is 0 Å². The Labute approximate surface area is 95.7 Å². The van der Waals surface area contributed by atoms with Gasteiger partial charge in [0.15, 0.2) is 0 Å². The van der Waals surface area contributed by atoms with Crippen LogP contribution in [0.15, 0.2) is 14.4 Å². The third kappa shape index (κ3) is 2.31. The van der Waals surface area contributed by atoms with Gasteiger partial charge in [0.2, 0.25) is 0 Å². The molecule has 80 valence electrons. The number of aromatic nitrogens is 3. The molecule has 1 aromatic rings. The average Bonchev–Trinajstić information content (AvgIpc) is 2.24. The Morgan fingerprint density at radius 2 is 0.857 bits per heavy atom. The zero-order valence-electron chi connectivity index (χ0n) is 6.03. The SMILES string of the molecule is O=c1n(Cl)c(=O)n(Cl)c(=O)n1Cl.OCl. The summed E-state index contributed by atoms with van der Waals surface area (Å²) in [4.78, 5) is 32.3. The molecule has 0 aromatic carbocycles. The summed E-state index contributed by atoms with van der Waals surface area (Å²) >= 11 is 18.9. The van der Waals surface area contributed by atoms with Gasteiger partial charge in [-0.05, 0) is 0 Å². The lowest BCUT2D eigenvalue weighted by molar-refractivity contribution is 0.632. The minimum atomic E-state index is -1.16. The van der Waals surface area contributed by atoms with Crippen molar-refractivity contribution in [1.82, 2.24) is 12.3 Å². The van der Waals surface area contributed by atoms with Crippen molar-refractivity contribution in [1.29, 1.82) is 0 Å². The van der Waals surface area contributed by atoms with Crippen molar-refractivity contribution in [2.75, 3.05) is 0 Å². The Morgan fingerprint density at radius 1 is 0.714 bits per heavy atom. The minimum absolute atomic E-state index is 0.0847. The van der Waals surface area contributed by atoms with Gasteiger partial charge in [-0.2, -0.15) is 0 Å². The quantitative estimate of drug-likeness (QED) is 0.683. The van der Waals surface area contributed by atoms with Crippen molar-refractivity contribution in [2.45, 2.75) is 0 Å². The summed E-state index contributed by atoms with van der Waals surface area (Å²) in [7, 11) is 0. The predicted molar refractivity (Wildman–Crippen MR) is 51.0 cm³/mol. The van der Waals surface area contributed by atoms with E-state index in [2.05, 4.69) is 11.9 Å². The minimum Gasteiger partial charge on any atom is -0.295 e. The van der Waals surface area contributed by atoms with Crippen LogP contribution in [0.4, 0.5) is 0 Å². The van der Waals surface area contributed by atoms with Gasteiger partial charge < -0.3 is 0 Å². The van der Waals surface area contributed by atoms with E-state index in [0.717, 1.165) is 0 Å². The molecule has 0 saturated heterocycles. The number of rotatable bonds is 0. The summed E-state index contributed by atoms with van der Waals surface area (Å²) in [5.74, 6) is 0. The Hall–Kier alpha value is -0.470. The van der Waals surface area contributed by atoms with E-state index >= 15 is 0 Å². The summed E-state index contributed by atoms with van der Waals surface area (Å²) in [6, 6.07) is 0. The van der Waals surface area contributed by atoms with E-state index in [4.69, 9.17) is 40.0 Å². The van der Waals surface area contributed by atoms with Crippen molar-refractivity contribution in [3.63, 3.8) is 0 Å². The highest BCUT2D eigenvalue weighted by Crippen LogP contribution is 1.78. The second kappa shape index (κ2) is 5.42. The summed E-state index contributed by atoms with van der Waals surface area (Å²) in [6.45, 7) is 0. The van der Waals surface area contributed by atoms with Crippen molar-refractivity contribution in [2.24, 2.45) is 0 Å². The second-order valence-corrected chi connectivity index (χ2v) is 2.70. The van der Waals surface area contributed by atoms with Crippen LogP contribution in [0.2, 0.25) is 0 Å². The molecule has 0 unspecified atom stereocenters. The van der Waals surface area contributed by atoms with Crippen molar-refractivity contribution in [3.05, 3.63) is 31.5 Å². The maximum Gasteiger partial charge on any atom is 0.366 e. The van der Waals surface area contributed by atoms with Crippen molar-refractivity contribution >= 4 is 47.2 Å². The molecule has 0 spiro atoms. The Kier molecular flexibility index (Phi) is 5.24. The summed E-state index contributed by atoms with van der Waals surface area (Å²) in [5, 5.41) is 0. The normalized spacial score (nSPS) is 9.21. The van der Waals surface area contributed by atoms with Crippen LogP contribution in [0.3, 0.4) is 0 Å². The molecule has 0 radical (unpaired) electrons. The standard InChI is InChI=1S/C3Cl3N3O3.ClHO/c4-7-1(10)8(5)3(12)9(6)2(7)11;1-2/h;2H. The van der Waals surface area contributed by atoms with Gasteiger partial charge >= 0.3 is 17.1 Å². The average molecular weight is 285 g/mol. The van der Waals surface area contributed by atoms with Gasteiger partial charge in [0.25, 0.3) is 0 Å². The van der Waals surface area contributed by atoms with E-state index in [-0.39, 0.29) is 12.3 Å². The lowest BCUT2D eigenvalue weighted by Crippen LogP contribution is -2.47. The molecule has 0 aliphatic rings. The molecule has 11 heteroatoms. The third-order valence-electron chi connectivity index (χ3n) is 1.01. The molecule has 1 aromatic heterocycles. The molecule has 0 aliphatic heterocycles. The van der Waals surface area contributed by atoms with E-state index in [9.17, 15) is 14.4 Å². The second-order valence-electron chi connectivity index (χ2n) is 1.69. The van der Waals surface area contributed by atoms with Gasteiger partial charge in [0.1, 0.15) is 0 Å². The fourth-order valence-electron chi connectivity index (χ4n) is 0.477. The molecule has 1 N–H and O–H groups in total. The van der Waals surface area contributed by atoms with Crippen LogP contribution in [0.1, 0.15) is 0 Å². The van der Waals surface area contributed by atoms with Crippen LogP contribution in [-0.4, -0.2) is 16.9 Å². The first kappa shape index (κ1) is 13.5. The van der Waals surface area contributed by atoms with Crippen LogP contribution < -0.4 is 17.1 Å². The number of halogens is 4. The first-order chi connectivity index (χ1) is 6.46. The maximum atomic E-state index is 10.8. The Morgan fingerprint density at radius 3 is 1.00 bits per heavy atom. The third-order valence-corrected chi connectivity index (χ3v) is 1.88. The summed E-state index contributed by atoms with van der Waals surface area (Å²) in [5.41, 5.74) is -3.49. The number of hydrogen-bond acceptors (Lipinski definition) is 4. The van der Waals surface area contributed by atoms with Crippen molar-refractivity contribution in [3.8, 4) is 0 Å². The summed E-state index contributed by atoms with van der Waals surface area (Å²) in [6.07, 6.45) is 0. The molecular formula is C3HCl4N3O4. The first-order valence-corrected chi connectivity index (χ1v) is 3.98. The molecule has 1 rings (SSSR count). The monoisotopic (exact) mass is 283 g/mol. The molecular weight excluding hydrogens is 284 g/mol. The molecule has 0 atom stereocenters. The molecule has 1 heterocycles. The summed E-state index contributed by atoms with van der Waals surface area (Å²) < 4.78 is 6.73. The van der Waals surface area contributed by atoms with Gasteiger partial charge in [0, 0.05) is 35.3 Å². The van der Waals surface area contributed by atoms with Crippen LogP contribution >= 0.6 is 47.2 Å². The lowest BCUT2D eigenvalue weighted by atomic mass is 11.0. The first-order valence-electron chi connectivity index (χ1n) is 2.63. The van der Waals surface area contributed by atoms with E-state index < -0.39 is 17.1 Å². The van der Waals surface area contributed by atoms with Crippen LogP contribution in [0.25, 0.3) is 0 Å². The highest BCUT2D eigenvalue weighted by molar-refractivity contribution is 6.19. The van der Waals surface area contributed by atoms with E-state index in [1.54, 1.807) is 0 Å². The van der Waals surface area contributed by atoms with Gasteiger partial charge in [-0.1, -0.05) is 0 Å². The van der Waals surface area contributed by atoms with Crippen molar-refractivity contribution < 1.29 is 4.66 Å². The molecule has 0 fully saturated rings. The number of hydrogen-bond donors (Lipinski definition) is 1. The molecule has 14 heavy (non-hydrogen) atoms. The highest BCUT2D eigenvalue weighted by atomic mass is 35.5. The molecule has 0 bridgehead atoms.